The van der Waals surface area contributed by atoms with Gasteiger partial charge in [0.15, 0.2) is 11.3 Å². The topological polar surface area (TPSA) is 96.5 Å². The molecule has 1 fully saturated rings. The van der Waals surface area contributed by atoms with E-state index in [-0.39, 0.29) is 38.5 Å². The summed E-state index contributed by atoms with van der Waals surface area (Å²) in [5.41, 5.74) is -2.49. The van der Waals surface area contributed by atoms with Gasteiger partial charge in [0, 0.05) is 47.7 Å². The second-order valence-corrected chi connectivity index (χ2v) is 13.6. The first-order valence-corrected chi connectivity index (χ1v) is 15.9. The molecule has 5 rings (SSSR count). The number of halogens is 6. The second-order valence-electron chi connectivity index (χ2n) is 10.5. The van der Waals surface area contributed by atoms with E-state index in [0.29, 0.717) is 4.31 Å². The number of nitrogens with zero attached hydrogens (tertiary/aromatic N) is 3. The third-order valence-electron chi connectivity index (χ3n) is 7.61. The molecular formula is C29H25BrClF4N3O6S. The van der Waals surface area contributed by atoms with Crippen LogP contribution in [0.25, 0.3) is 0 Å². The highest BCUT2D eigenvalue weighted by Gasteiger charge is 2.64. The molecule has 16 heteroatoms. The van der Waals surface area contributed by atoms with E-state index in [1.807, 2.05) is 0 Å². The zero-order valence-corrected chi connectivity index (χ0v) is 27.0. The number of hydrogen-bond acceptors (Lipinski definition) is 7. The molecule has 0 N–H and O–H groups in total. The number of rotatable bonds is 7. The molecule has 0 spiro atoms. The average molecular weight is 735 g/mol. The number of benzene rings is 3. The quantitative estimate of drug-likeness (QED) is 0.297. The number of para-hydroxylation sites is 1. The molecule has 0 radical (unpaired) electrons. The minimum absolute atomic E-state index is 0.0471. The van der Waals surface area contributed by atoms with E-state index in [1.54, 1.807) is 12.1 Å². The standard InChI is InChI=1S/C29H25BrClF4N3O6S/c1-36(2)26(39)22-14-18(32)15-37(22)28(19-6-4-5-7-23(19)43-3)20-13-17(31)9-10-21(20)38(27(28)40)45(41,42)25-11-8-16(30)12-24(25)44-29(33,34)35/h4-13,18,22H,14-15H2,1-3H3/t18-,22+,28?/m0/s1. The predicted octanol–water partition coefficient (Wildman–Crippen LogP) is 5.49. The summed E-state index contributed by atoms with van der Waals surface area (Å²) in [7, 11) is -0.972. The van der Waals surface area contributed by atoms with Gasteiger partial charge in [-0.3, -0.25) is 14.5 Å². The fourth-order valence-corrected chi connectivity index (χ4v) is 7.98. The van der Waals surface area contributed by atoms with Crippen LogP contribution in [0.15, 0.2) is 70.0 Å². The number of anilines is 1. The Morgan fingerprint density at radius 3 is 2.40 bits per heavy atom. The molecule has 9 nitrogen and oxygen atoms in total. The molecule has 45 heavy (non-hydrogen) atoms. The van der Waals surface area contributed by atoms with Gasteiger partial charge in [-0.1, -0.05) is 45.7 Å². The maximum atomic E-state index is 15.4. The van der Waals surface area contributed by atoms with Crippen molar-refractivity contribution >= 4 is 55.1 Å². The van der Waals surface area contributed by atoms with Gasteiger partial charge in [0.1, 0.15) is 16.8 Å². The smallest absolute Gasteiger partial charge is 0.496 e. The number of fused-ring (bicyclic) bond motifs is 1. The Hall–Kier alpha value is -3.40. The van der Waals surface area contributed by atoms with Crippen LogP contribution in [0.5, 0.6) is 11.5 Å². The normalized spacial score (nSPS) is 22.0. The van der Waals surface area contributed by atoms with E-state index in [0.717, 1.165) is 12.1 Å². The second kappa shape index (κ2) is 11.8. The van der Waals surface area contributed by atoms with Gasteiger partial charge in [0.25, 0.3) is 15.9 Å². The van der Waals surface area contributed by atoms with Gasteiger partial charge in [-0.25, -0.2) is 17.1 Å². The monoisotopic (exact) mass is 733 g/mol. The maximum absolute atomic E-state index is 15.4. The lowest BCUT2D eigenvalue weighted by molar-refractivity contribution is -0.275. The van der Waals surface area contributed by atoms with Crippen LogP contribution in [0.1, 0.15) is 17.5 Å². The van der Waals surface area contributed by atoms with Crippen LogP contribution in [-0.4, -0.2) is 76.4 Å². The largest absolute Gasteiger partial charge is 0.573 e. The number of carbonyl (C=O) groups excluding carboxylic acids is 2. The number of methoxy groups -OCH3 is 1. The molecule has 2 amide bonds. The Kier molecular flexibility index (Phi) is 8.61. The Morgan fingerprint density at radius 1 is 1.07 bits per heavy atom. The zero-order valence-electron chi connectivity index (χ0n) is 23.8. The van der Waals surface area contributed by atoms with Gasteiger partial charge in [0.2, 0.25) is 5.91 Å². The van der Waals surface area contributed by atoms with Crippen molar-refractivity contribution in [1.82, 2.24) is 9.80 Å². The highest BCUT2D eigenvalue weighted by Crippen LogP contribution is 2.55. The molecule has 2 heterocycles. The Morgan fingerprint density at radius 2 is 1.76 bits per heavy atom. The molecule has 1 saturated heterocycles. The van der Waals surface area contributed by atoms with Crippen LogP contribution < -0.4 is 13.8 Å². The minimum atomic E-state index is -5.28. The van der Waals surface area contributed by atoms with Crippen molar-refractivity contribution in [3.63, 3.8) is 0 Å². The van der Waals surface area contributed by atoms with Crippen molar-refractivity contribution in [3.05, 3.63) is 81.3 Å². The van der Waals surface area contributed by atoms with Crippen molar-refractivity contribution in [2.24, 2.45) is 0 Å². The zero-order chi connectivity index (χ0) is 33.1. The maximum Gasteiger partial charge on any atom is 0.573 e. The molecule has 2 aliphatic rings. The number of likely N-dealkylation sites (tertiary alicyclic amines) is 1. The Balaban J connectivity index is 1.86. The molecular weight excluding hydrogens is 710 g/mol. The lowest BCUT2D eigenvalue weighted by Crippen LogP contribution is -2.59. The van der Waals surface area contributed by atoms with Crippen LogP contribution >= 0.6 is 27.5 Å². The first-order valence-electron chi connectivity index (χ1n) is 13.2. The highest BCUT2D eigenvalue weighted by atomic mass is 79.9. The van der Waals surface area contributed by atoms with E-state index < -0.39 is 63.1 Å². The van der Waals surface area contributed by atoms with Crippen LogP contribution in [0.4, 0.5) is 23.2 Å². The molecule has 0 saturated carbocycles. The van der Waals surface area contributed by atoms with Gasteiger partial charge in [0.05, 0.1) is 18.8 Å². The first-order chi connectivity index (χ1) is 21.0. The van der Waals surface area contributed by atoms with Crippen LogP contribution in [0.3, 0.4) is 0 Å². The fraction of sp³-hybridized carbons (Fsp3) is 0.310. The van der Waals surface area contributed by atoms with Crippen LogP contribution in [-0.2, 0) is 25.2 Å². The van der Waals surface area contributed by atoms with E-state index in [9.17, 15) is 26.4 Å². The third kappa shape index (κ3) is 5.53. The summed E-state index contributed by atoms with van der Waals surface area (Å²) < 4.78 is 94.4. The predicted molar refractivity (Wildman–Crippen MR) is 159 cm³/mol. The van der Waals surface area contributed by atoms with Gasteiger partial charge >= 0.3 is 6.36 Å². The summed E-state index contributed by atoms with van der Waals surface area (Å²) in [5.74, 6) is -2.77. The number of hydrogen-bond donors (Lipinski definition) is 0. The van der Waals surface area contributed by atoms with Gasteiger partial charge < -0.3 is 14.4 Å². The van der Waals surface area contributed by atoms with Crippen LogP contribution in [0.2, 0.25) is 5.02 Å². The summed E-state index contributed by atoms with van der Waals surface area (Å²) in [5, 5.41) is 0.0660. The van der Waals surface area contributed by atoms with Crippen molar-refractivity contribution in [3.8, 4) is 11.5 Å². The molecule has 2 aliphatic heterocycles. The van der Waals surface area contributed by atoms with E-state index >= 15 is 9.18 Å². The van der Waals surface area contributed by atoms with Crippen molar-refractivity contribution in [2.75, 3.05) is 32.1 Å². The fourth-order valence-electron chi connectivity index (χ4n) is 5.91. The summed E-state index contributed by atoms with van der Waals surface area (Å²) in [4.78, 5) is 30.1. The first kappa shape index (κ1) is 33.0. The Bertz CT molecular complexity index is 1790. The number of sulfonamides is 1. The lowest BCUT2D eigenvalue weighted by Gasteiger charge is -2.42. The number of likely N-dealkylation sites (N-methyl/N-ethyl adjacent to an activating group) is 1. The molecule has 3 aromatic carbocycles. The summed E-state index contributed by atoms with van der Waals surface area (Å²) in [6.07, 6.45) is -7.21. The van der Waals surface area contributed by atoms with Crippen molar-refractivity contribution in [2.45, 2.75) is 35.4 Å². The molecule has 0 aliphatic carbocycles. The molecule has 0 aromatic heterocycles. The van der Waals surface area contributed by atoms with E-state index in [4.69, 9.17) is 16.3 Å². The summed E-state index contributed by atoms with van der Waals surface area (Å²) >= 11 is 9.43. The lowest BCUT2D eigenvalue weighted by atomic mass is 9.80. The van der Waals surface area contributed by atoms with Crippen LogP contribution in [0, 0.1) is 0 Å². The van der Waals surface area contributed by atoms with Gasteiger partial charge in [-0.2, -0.15) is 0 Å². The average Bonchev–Trinajstić information content (AvgIpc) is 3.46. The van der Waals surface area contributed by atoms with Crippen molar-refractivity contribution in [1.29, 1.82) is 0 Å². The Labute approximate surface area is 269 Å². The number of ether oxygens (including phenoxy) is 2. The summed E-state index contributed by atoms with van der Waals surface area (Å²) in [6, 6.07) is 11.5. The molecule has 3 aromatic rings. The molecule has 0 bridgehead atoms. The molecule has 3 atom stereocenters. The minimum Gasteiger partial charge on any atom is -0.496 e. The summed E-state index contributed by atoms with van der Waals surface area (Å²) in [6.45, 7) is -0.478. The van der Waals surface area contributed by atoms with Crippen molar-refractivity contribution < 1.29 is 45.0 Å². The van der Waals surface area contributed by atoms with Gasteiger partial charge in [-0.05, 0) is 42.5 Å². The number of carbonyl (C=O) groups is 2. The molecule has 1 unspecified atom stereocenters. The highest BCUT2D eigenvalue weighted by molar-refractivity contribution is 9.10. The number of alkyl halides is 4. The number of amides is 2. The third-order valence-corrected chi connectivity index (χ3v) is 10.1. The van der Waals surface area contributed by atoms with E-state index in [1.165, 1.54) is 67.4 Å². The SMILES string of the molecule is COc1ccccc1C1(N2C[C@@H](F)C[C@@H]2C(=O)N(C)C)C(=O)N(S(=O)(=O)c2ccc(Br)cc2OC(F)(F)F)c2ccc(Cl)cc21. The van der Waals surface area contributed by atoms with Gasteiger partial charge in [-0.15, -0.1) is 13.2 Å². The molecule has 240 valence electrons. The van der Waals surface area contributed by atoms with E-state index in [2.05, 4.69) is 20.7 Å².